The quantitative estimate of drug-likeness (QED) is 0.586. The van der Waals surface area contributed by atoms with E-state index < -0.39 is 5.97 Å². The van der Waals surface area contributed by atoms with Crippen LogP contribution in [-0.4, -0.2) is 63.4 Å². The maximum Gasteiger partial charge on any atom is 0.303 e. The lowest BCUT2D eigenvalue weighted by Gasteiger charge is -2.38. The molecule has 4 N–H and O–H groups in total. The Balaban J connectivity index is 1.56. The number of aromatic nitrogens is 3. The van der Waals surface area contributed by atoms with Crippen LogP contribution in [0.2, 0.25) is 5.02 Å². The summed E-state index contributed by atoms with van der Waals surface area (Å²) in [5.74, 6) is 0.236. The zero-order valence-electron chi connectivity index (χ0n) is 15.9. The number of halogens is 1. The van der Waals surface area contributed by atoms with Gasteiger partial charge in [0.05, 0.1) is 0 Å². The first-order valence-corrected chi connectivity index (χ1v) is 10.0. The monoisotopic (exact) mass is 406 g/mol. The minimum atomic E-state index is -0.741. The Bertz CT molecular complexity index is 758. The molecule has 8 nitrogen and oxygen atoms in total. The van der Waals surface area contributed by atoms with Crippen LogP contribution in [0.15, 0.2) is 24.3 Å². The Morgan fingerprint density at radius 3 is 2.61 bits per heavy atom. The highest BCUT2D eigenvalue weighted by molar-refractivity contribution is 6.30. The molecule has 0 aliphatic carbocycles. The van der Waals surface area contributed by atoms with E-state index in [1.165, 1.54) is 5.56 Å². The SMILES string of the molecule is Nc1nc(N2CCC(N(CCCC(=O)O)CCc3ccc(Cl)cc3)CC2)n[nH]1. The van der Waals surface area contributed by atoms with Crippen molar-refractivity contribution in [2.45, 2.75) is 38.1 Å². The number of aliphatic carboxylic acids is 1. The van der Waals surface area contributed by atoms with Crippen molar-refractivity contribution in [3.05, 3.63) is 34.9 Å². The minimum absolute atomic E-state index is 0.201. The summed E-state index contributed by atoms with van der Waals surface area (Å²) < 4.78 is 0. The van der Waals surface area contributed by atoms with Gasteiger partial charge in [0.2, 0.25) is 11.9 Å². The first-order chi connectivity index (χ1) is 13.5. The second-order valence-electron chi connectivity index (χ2n) is 7.15. The fourth-order valence-electron chi connectivity index (χ4n) is 3.67. The van der Waals surface area contributed by atoms with E-state index in [0.717, 1.165) is 50.5 Å². The molecule has 1 saturated heterocycles. The number of benzene rings is 1. The van der Waals surface area contributed by atoms with Crippen molar-refractivity contribution in [2.24, 2.45) is 0 Å². The molecular weight excluding hydrogens is 380 g/mol. The number of rotatable bonds is 9. The van der Waals surface area contributed by atoms with Crippen LogP contribution in [0.25, 0.3) is 0 Å². The number of hydrogen-bond donors (Lipinski definition) is 3. The number of anilines is 2. The van der Waals surface area contributed by atoms with Gasteiger partial charge in [0, 0.05) is 37.1 Å². The summed E-state index contributed by atoms with van der Waals surface area (Å²) in [6.07, 6.45) is 3.76. The molecule has 2 aromatic rings. The van der Waals surface area contributed by atoms with Crippen LogP contribution in [0.1, 0.15) is 31.2 Å². The van der Waals surface area contributed by atoms with Crippen LogP contribution in [0.5, 0.6) is 0 Å². The molecule has 0 unspecified atom stereocenters. The van der Waals surface area contributed by atoms with E-state index in [-0.39, 0.29) is 6.42 Å². The lowest BCUT2D eigenvalue weighted by atomic mass is 10.0. The largest absolute Gasteiger partial charge is 0.481 e. The first kappa shape index (κ1) is 20.4. The number of piperidine rings is 1. The van der Waals surface area contributed by atoms with Gasteiger partial charge in [0.1, 0.15) is 0 Å². The van der Waals surface area contributed by atoms with Crippen molar-refractivity contribution >= 4 is 29.5 Å². The molecule has 3 rings (SSSR count). The summed E-state index contributed by atoms with van der Waals surface area (Å²) in [5, 5.41) is 16.5. The zero-order chi connectivity index (χ0) is 19.9. The van der Waals surface area contributed by atoms with Gasteiger partial charge < -0.3 is 15.7 Å². The summed E-state index contributed by atoms with van der Waals surface area (Å²) in [6, 6.07) is 8.34. The van der Waals surface area contributed by atoms with E-state index in [1.54, 1.807) is 0 Å². The van der Waals surface area contributed by atoms with Gasteiger partial charge in [0.25, 0.3) is 0 Å². The highest BCUT2D eigenvalue weighted by Crippen LogP contribution is 2.21. The number of hydrogen-bond acceptors (Lipinski definition) is 6. The Kier molecular flexibility index (Phi) is 7.11. The minimum Gasteiger partial charge on any atom is -0.481 e. The molecule has 1 aliphatic heterocycles. The molecule has 1 fully saturated rings. The van der Waals surface area contributed by atoms with Gasteiger partial charge in [-0.1, -0.05) is 23.7 Å². The van der Waals surface area contributed by atoms with Gasteiger partial charge in [-0.05, 0) is 49.9 Å². The van der Waals surface area contributed by atoms with Crippen molar-refractivity contribution in [1.29, 1.82) is 0 Å². The van der Waals surface area contributed by atoms with Gasteiger partial charge >= 0.3 is 5.97 Å². The maximum atomic E-state index is 10.9. The summed E-state index contributed by atoms with van der Waals surface area (Å²) in [5.41, 5.74) is 6.86. The third-order valence-electron chi connectivity index (χ3n) is 5.19. The van der Waals surface area contributed by atoms with Crippen molar-refractivity contribution < 1.29 is 9.90 Å². The molecule has 0 bridgehead atoms. The van der Waals surface area contributed by atoms with Crippen LogP contribution < -0.4 is 10.6 Å². The second kappa shape index (κ2) is 9.75. The normalized spacial score (nSPS) is 15.3. The molecule has 152 valence electrons. The first-order valence-electron chi connectivity index (χ1n) is 9.64. The summed E-state index contributed by atoms with van der Waals surface area (Å²) in [6.45, 7) is 3.41. The summed E-state index contributed by atoms with van der Waals surface area (Å²) >= 11 is 5.97. The van der Waals surface area contributed by atoms with Crippen LogP contribution in [0.3, 0.4) is 0 Å². The number of carboxylic acids is 1. The van der Waals surface area contributed by atoms with Gasteiger partial charge in [-0.2, -0.15) is 4.98 Å². The number of H-pyrrole nitrogens is 1. The lowest BCUT2D eigenvalue weighted by Crippen LogP contribution is -2.46. The average molecular weight is 407 g/mol. The number of aromatic amines is 1. The van der Waals surface area contributed by atoms with E-state index in [4.69, 9.17) is 22.4 Å². The Labute approximate surface area is 169 Å². The zero-order valence-corrected chi connectivity index (χ0v) is 16.6. The number of nitrogens with two attached hydrogens (primary N) is 1. The van der Waals surface area contributed by atoms with E-state index in [0.29, 0.717) is 24.4 Å². The smallest absolute Gasteiger partial charge is 0.303 e. The third-order valence-corrected chi connectivity index (χ3v) is 5.44. The van der Waals surface area contributed by atoms with E-state index in [2.05, 4.69) is 25.0 Å². The van der Waals surface area contributed by atoms with Crippen molar-refractivity contribution in [3.8, 4) is 0 Å². The average Bonchev–Trinajstić information content (AvgIpc) is 3.12. The van der Waals surface area contributed by atoms with E-state index in [9.17, 15) is 4.79 Å². The molecular formula is C19H27ClN6O2. The highest BCUT2D eigenvalue weighted by Gasteiger charge is 2.26. The fraction of sp³-hybridized carbons (Fsp3) is 0.526. The molecule has 2 heterocycles. The number of nitrogen functional groups attached to an aromatic ring is 1. The van der Waals surface area contributed by atoms with Crippen molar-refractivity contribution in [2.75, 3.05) is 36.8 Å². The maximum absolute atomic E-state index is 10.9. The predicted molar refractivity (Wildman–Crippen MR) is 110 cm³/mol. The van der Waals surface area contributed by atoms with Crippen molar-refractivity contribution in [1.82, 2.24) is 20.1 Å². The number of nitrogens with one attached hydrogen (secondary N) is 1. The Morgan fingerprint density at radius 2 is 2.00 bits per heavy atom. The molecule has 1 aromatic heterocycles. The number of carbonyl (C=O) groups is 1. The molecule has 0 spiro atoms. The molecule has 1 aliphatic rings. The standard InChI is InChI=1S/C19H27ClN6O2/c20-15-5-3-14(4-6-15)7-11-25(10-1-2-17(27)28)16-8-12-26(13-9-16)19-22-18(21)23-24-19/h3-6,16H,1-2,7-13H2,(H,27,28)(H3,21,22,23,24). The fourth-order valence-corrected chi connectivity index (χ4v) is 3.80. The number of nitrogens with zero attached hydrogens (tertiary/aromatic N) is 4. The third kappa shape index (κ3) is 5.84. The van der Waals surface area contributed by atoms with Gasteiger partial charge in [-0.3, -0.25) is 9.69 Å². The predicted octanol–water partition coefficient (Wildman–Crippen LogP) is 2.42. The summed E-state index contributed by atoms with van der Waals surface area (Å²) in [4.78, 5) is 19.7. The van der Waals surface area contributed by atoms with Gasteiger partial charge in [-0.25, -0.2) is 5.10 Å². The topological polar surface area (TPSA) is 111 Å². The van der Waals surface area contributed by atoms with E-state index in [1.807, 2.05) is 24.3 Å². The molecule has 0 atom stereocenters. The Morgan fingerprint density at radius 1 is 1.29 bits per heavy atom. The molecule has 1 aromatic carbocycles. The highest BCUT2D eigenvalue weighted by atomic mass is 35.5. The Hall–Kier alpha value is -2.32. The van der Waals surface area contributed by atoms with Gasteiger partial charge in [0.15, 0.2) is 0 Å². The second-order valence-corrected chi connectivity index (χ2v) is 7.59. The van der Waals surface area contributed by atoms with E-state index >= 15 is 0 Å². The molecule has 0 radical (unpaired) electrons. The van der Waals surface area contributed by atoms with Gasteiger partial charge in [-0.15, -0.1) is 5.10 Å². The van der Waals surface area contributed by atoms with Crippen LogP contribution in [0.4, 0.5) is 11.9 Å². The van der Waals surface area contributed by atoms with Crippen molar-refractivity contribution in [3.63, 3.8) is 0 Å². The van der Waals surface area contributed by atoms with Crippen LogP contribution >= 0.6 is 11.6 Å². The van der Waals surface area contributed by atoms with Crippen LogP contribution in [-0.2, 0) is 11.2 Å². The molecule has 9 heteroatoms. The lowest BCUT2D eigenvalue weighted by molar-refractivity contribution is -0.137. The number of carboxylic acid groups (broad SMARTS) is 1. The van der Waals surface area contributed by atoms with Crippen LogP contribution in [0, 0.1) is 0 Å². The molecule has 0 amide bonds. The molecule has 0 saturated carbocycles. The molecule has 28 heavy (non-hydrogen) atoms. The summed E-state index contributed by atoms with van der Waals surface area (Å²) in [7, 11) is 0.